The molecule has 37 heavy (non-hydrogen) atoms. The highest BCUT2D eigenvalue weighted by Gasteiger charge is 2.53. The van der Waals surface area contributed by atoms with Crippen molar-refractivity contribution in [2.24, 2.45) is 5.41 Å². The third-order valence-corrected chi connectivity index (χ3v) is 10.8. The largest absolute Gasteiger partial charge is 0.481 e. The van der Waals surface area contributed by atoms with Crippen molar-refractivity contribution < 1.29 is 23.1 Å². The van der Waals surface area contributed by atoms with Crippen LogP contribution in [0.3, 0.4) is 0 Å². The molecule has 1 saturated heterocycles. The zero-order valence-corrected chi connectivity index (χ0v) is 23.4. The van der Waals surface area contributed by atoms with Crippen molar-refractivity contribution in [2.75, 3.05) is 5.75 Å². The van der Waals surface area contributed by atoms with E-state index in [2.05, 4.69) is 0 Å². The molecular formula is C28H33Cl2NO5S. The van der Waals surface area contributed by atoms with Crippen molar-refractivity contribution in [3.63, 3.8) is 0 Å². The third kappa shape index (κ3) is 5.84. The van der Waals surface area contributed by atoms with Crippen LogP contribution in [0.5, 0.6) is 0 Å². The molecule has 9 heteroatoms. The van der Waals surface area contributed by atoms with Gasteiger partial charge in [0.2, 0.25) is 5.91 Å². The smallest absolute Gasteiger partial charge is 0.304 e. The predicted octanol–water partition coefficient (Wildman–Crippen LogP) is 6.28. The van der Waals surface area contributed by atoms with Gasteiger partial charge >= 0.3 is 5.97 Å². The van der Waals surface area contributed by atoms with Crippen LogP contribution >= 0.6 is 23.2 Å². The zero-order valence-electron chi connectivity index (χ0n) is 21.1. The van der Waals surface area contributed by atoms with E-state index in [-0.39, 0.29) is 35.7 Å². The Morgan fingerprint density at radius 3 is 2.32 bits per heavy atom. The minimum atomic E-state index is -3.42. The van der Waals surface area contributed by atoms with E-state index in [0.717, 1.165) is 17.5 Å². The molecule has 0 bridgehead atoms. The second kappa shape index (κ2) is 11.0. The van der Waals surface area contributed by atoms with Gasteiger partial charge in [0.15, 0.2) is 9.84 Å². The van der Waals surface area contributed by atoms with Crippen molar-refractivity contribution in [3.05, 3.63) is 69.7 Å². The Morgan fingerprint density at radius 2 is 1.78 bits per heavy atom. The number of amides is 1. The van der Waals surface area contributed by atoms with Gasteiger partial charge in [-0.05, 0) is 61.1 Å². The molecule has 6 nitrogen and oxygen atoms in total. The van der Waals surface area contributed by atoms with E-state index in [0.29, 0.717) is 29.3 Å². The normalized spacial score (nSPS) is 25.5. The van der Waals surface area contributed by atoms with Crippen LogP contribution in [-0.4, -0.2) is 47.3 Å². The van der Waals surface area contributed by atoms with Gasteiger partial charge in [0.25, 0.3) is 0 Å². The molecule has 0 spiro atoms. The van der Waals surface area contributed by atoms with Gasteiger partial charge < -0.3 is 10.0 Å². The van der Waals surface area contributed by atoms with Crippen molar-refractivity contribution in [1.82, 2.24) is 4.90 Å². The molecule has 1 saturated carbocycles. The number of likely N-dealkylation sites (tertiary alicyclic amines) is 1. The molecule has 200 valence electrons. The quantitative estimate of drug-likeness (QED) is 0.386. The number of rotatable bonds is 9. The molecular weight excluding hydrogens is 533 g/mol. The zero-order chi connectivity index (χ0) is 27.0. The predicted molar refractivity (Wildman–Crippen MR) is 146 cm³/mol. The molecule has 1 N–H and O–H groups in total. The van der Waals surface area contributed by atoms with E-state index >= 15 is 0 Å². The molecule has 2 aliphatic rings. The first-order valence-electron chi connectivity index (χ1n) is 12.7. The van der Waals surface area contributed by atoms with E-state index in [4.69, 9.17) is 23.2 Å². The first kappa shape index (κ1) is 27.9. The van der Waals surface area contributed by atoms with Crippen molar-refractivity contribution >= 4 is 44.9 Å². The van der Waals surface area contributed by atoms with Crippen molar-refractivity contribution in [2.45, 2.75) is 75.6 Å². The van der Waals surface area contributed by atoms with E-state index < -0.39 is 33.3 Å². The van der Waals surface area contributed by atoms with E-state index in [9.17, 15) is 23.1 Å². The molecule has 2 aromatic rings. The van der Waals surface area contributed by atoms with E-state index in [1.807, 2.05) is 37.3 Å². The molecule has 1 aliphatic carbocycles. The summed E-state index contributed by atoms with van der Waals surface area (Å²) < 4.78 is 26.6. The Labute approximate surface area is 228 Å². The number of halogens is 2. The number of carboxylic acid groups (broad SMARTS) is 1. The maximum absolute atomic E-state index is 14.2. The lowest BCUT2D eigenvalue weighted by Gasteiger charge is -2.52. The van der Waals surface area contributed by atoms with E-state index in [1.165, 1.54) is 0 Å². The first-order valence-corrected chi connectivity index (χ1v) is 15.2. The third-order valence-electron chi connectivity index (χ3n) is 7.98. The summed E-state index contributed by atoms with van der Waals surface area (Å²) in [6.07, 6.45) is 2.55. The standard InChI is InChI=1S/C28H33Cl2NO5S/c1-3-22(17-37(35,36)23-8-5-9-23)31-26(18-10-12-20(29)13-11-18)24(19-6-4-7-21(30)14-19)15-28(2,27(31)34)16-25(32)33/h4,6-7,10-14,22-24,26H,3,5,8-9,15-17H2,1-2H3,(H,32,33)/t22-,24?,26+,28+/m0/s1. The van der Waals surface area contributed by atoms with Crippen LogP contribution in [0.15, 0.2) is 48.5 Å². The van der Waals surface area contributed by atoms with Gasteiger partial charge in [-0.1, -0.05) is 67.7 Å². The van der Waals surface area contributed by atoms with Crippen LogP contribution in [0.25, 0.3) is 0 Å². The number of piperidine rings is 1. The number of hydrogen-bond acceptors (Lipinski definition) is 4. The summed E-state index contributed by atoms with van der Waals surface area (Å²) in [5, 5.41) is 10.5. The van der Waals surface area contributed by atoms with Crippen LogP contribution in [-0.2, 0) is 19.4 Å². The molecule has 4 rings (SSSR count). The SMILES string of the molecule is CC[C@@H](CS(=O)(=O)C1CCC1)N1C(=O)[C@@](C)(CC(=O)O)CC(c2cccc(Cl)c2)[C@H]1c1ccc(Cl)cc1. The molecule has 1 unspecified atom stereocenters. The number of hydrogen-bond donors (Lipinski definition) is 1. The van der Waals surface area contributed by atoms with Crippen LogP contribution < -0.4 is 0 Å². The average molecular weight is 567 g/mol. The second-order valence-electron chi connectivity index (χ2n) is 10.7. The molecule has 2 fully saturated rings. The Bertz CT molecular complexity index is 1260. The Morgan fingerprint density at radius 1 is 1.11 bits per heavy atom. The van der Waals surface area contributed by atoms with Gasteiger partial charge in [0, 0.05) is 22.0 Å². The fraction of sp³-hybridized carbons (Fsp3) is 0.500. The fourth-order valence-corrected chi connectivity index (χ4v) is 8.39. The van der Waals surface area contributed by atoms with Crippen LogP contribution in [0.2, 0.25) is 10.0 Å². The Hall–Kier alpha value is -2.09. The van der Waals surface area contributed by atoms with Crippen LogP contribution in [0.1, 0.15) is 75.5 Å². The van der Waals surface area contributed by atoms with E-state index in [1.54, 1.807) is 30.0 Å². The highest BCUT2D eigenvalue weighted by Crippen LogP contribution is 2.52. The minimum Gasteiger partial charge on any atom is -0.481 e. The maximum atomic E-state index is 14.2. The van der Waals surface area contributed by atoms with Gasteiger partial charge in [-0.25, -0.2) is 8.42 Å². The molecule has 1 amide bonds. The second-order valence-corrected chi connectivity index (χ2v) is 13.8. The fourth-order valence-electron chi connectivity index (χ4n) is 5.81. The summed E-state index contributed by atoms with van der Waals surface area (Å²) >= 11 is 12.5. The summed E-state index contributed by atoms with van der Waals surface area (Å²) in [7, 11) is -3.42. The molecule has 0 aromatic heterocycles. The van der Waals surface area contributed by atoms with Crippen LogP contribution in [0.4, 0.5) is 0 Å². The lowest BCUT2D eigenvalue weighted by Crippen LogP contribution is -2.57. The molecule has 1 heterocycles. The summed E-state index contributed by atoms with van der Waals surface area (Å²) in [6, 6.07) is 13.5. The Balaban J connectivity index is 1.88. The number of aliphatic carboxylic acids is 1. The topological polar surface area (TPSA) is 91.8 Å². The van der Waals surface area contributed by atoms with Gasteiger partial charge in [0.05, 0.1) is 28.9 Å². The van der Waals surface area contributed by atoms with Crippen LogP contribution in [0, 0.1) is 5.41 Å². The first-order chi connectivity index (χ1) is 17.4. The number of sulfone groups is 1. The minimum absolute atomic E-state index is 0.143. The molecule has 2 aromatic carbocycles. The number of carboxylic acids is 1. The van der Waals surface area contributed by atoms with Gasteiger partial charge in [0.1, 0.15) is 0 Å². The average Bonchev–Trinajstić information content (AvgIpc) is 2.78. The van der Waals surface area contributed by atoms with Gasteiger partial charge in [-0.3, -0.25) is 9.59 Å². The Kier molecular flexibility index (Phi) is 8.27. The number of nitrogens with zero attached hydrogens (tertiary/aromatic N) is 1. The van der Waals surface area contributed by atoms with Gasteiger partial charge in [-0.2, -0.15) is 0 Å². The molecule has 4 atom stereocenters. The number of carbonyl (C=O) groups is 2. The highest BCUT2D eigenvalue weighted by atomic mass is 35.5. The maximum Gasteiger partial charge on any atom is 0.304 e. The molecule has 1 aliphatic heterocycles. The monoisotopic (exact) mass is 565 g/mol. The molecule has 0 radical (unpaired) electrons. The summed E-state index contributed by atoms with van der Waals surface area (Å²) in [6.45, 7) is 3.56. The lowest BCUT2D eigenvalue weighted by atomic mass is 9.67. The number of benzene rings is 2. The lowest BCUT2D eigenvalue weighted by molar-refractivity contribution is -0.160. The summed E-state index contributed by atoms with van der Waals surface area (Å²) in [5.74, 6) is -1.85. The summed E-state index contributed by atoms with van der Waals surface area (Å²) in [4.78, 5) is 27.8. The number of carbonyl (C=O) groups excluding carboxylic acids is 1. The highest BCUT2D eigenvalue weighted by molar-refractivity contribution is 7.92. The van der Waals surface area contributed by atoms with Gasteiger partial charge in [-0.15, -0.1) is 0 Å². The van der Waals surface area contributed by atoms with Crippen molar-refractivity contribution in [1.29, 1.82) is 0 Å². The van der Waals surface area contributed by atoms with Crippen molar-refractivity contribution in [3.8, 4) is 0 Å². The summed E-state index contributed by atoms with van der Waals surface area (Å²) in [5.41, 5.74) is 0.480.